The number of methoxy groups -OCH3 is 1. The third kappa shape index (κ3) is 4.84. The number of hydrogen-bond donors (Lipinski definition) is 2. The second-order valence-electron chi connectivity index (χ2n) is 6.39. The van der Waals surface area contributed by atoms with Crippen molar-refractivity contribution >= 4 is 45.1 Å². The molecule has 0 saturated carbocycles. The second-order valence-corrected chi connectivity index (χ2v) is 8.22. The van der Waals surface area contributed by atoms with E-state index in [9.17, 15) is 9.59 Å². The van der Waals surface area contributed by atoms with E-state index < -0.39 is 5.91 Å². The minimum Gasteiger partial charge on any atom is -0.497 e. The third-order valence-electron chi connectivity index (χ3n) is 4.43. The number of fused-ring (bicyclic) bond motifs is 1. The highest BCUT2D eigenvalue weighted by Crippen LogP contribution is 2.37. The van der Waals surface area contributed by atoms with Gasteiger partial charge < -0.3 is 4.74 Å². The fraction of sp³-hybridized carbons (Fsp3) is 0.0909. The summed E-state index contributed by atoms with van der Waals surface area (Å²) in [6, 6.07) is 16.6. The van der Waals surface area contributed by atoms with Crippen LogP contribution in [0.4, 0.5) is 0 Å². The first-order valence-electron chi connectivity index (χ1n) is 9.29. The number of benzene rings is 2. The van der Waals surface area contributed by atoms with Crippen LogP contribution in [0.3, 0.4) is 0 Å². The van der Waals surface area contributed by atoms with Gasteiger partial charge in [0.15, 0.2) is 0 Å². The van der Waals surface area contributed by atoms with Gasteiger partial charge in [-0.3, -0.25) is 20.4 Å². The molecular weight excluding hydrogens is 432 g/mol. The minimum atomic E-state index is -0.408. The molecule has 0 unspecified atom stereocenters. The van der Waals surface area contributed by atoms with Crippen molar-refractivity contribution in [2.24, 2.45) is 0 Å². The molecule has 2 N–H and O–H groups in total. The molecule has 0 fully saturated rings. The van der Waals surface area contributed by atoms with Crippen LogP contribution >= 0.6 is 23.1 Å². The first kappa shape index (κ1) is 20.8. The molecule has 2 aromatic carbocycles. The van der Waals surface area contributed by atoms with Crippen LogP contribution in [0.2, 0.25) is 0 Å². The fourth-order valence-electron chi connectivity index (χ4n) is 2.90. The average molecular weight is 451 g/mol. The Hall–Kier alpha value is -3.43. The number of hydrazine groups is 1. The highest BCUT2D eigenvalue weighted by molar-refractivity contribution is 8.00. The summed E-state index contributed by atoms with van der Waals surface area (Å²) in [6.45, 7) is 0. The van der Waals surface area contributed by atoms with Gasteiger partial charge in [0.1, 0.15) is 21.9 Å². The quantitative estimate of drug-likeness (QED) is 0.263. The maximum absolute atomic E-state index is 12.3. The first-order valence-corrected chi connectivity index (χ1v) is 11.2. The molecule has 0 aliphatic carbocycles. The molecule has 0 aliphatic heterocycles. The van der Waals surface area contributed by atoms with Crippen LogP contribution in [0.5, 0.6) is 5.75 Å². The number of rotatable bonds is 6. The Morgan fingerprint density at radius 3 is 2.55 bits per heavy atom. The summed E-state index contributed by atoms with van der Waals surface area (Å²) in [5.41, 5.74) is 7.38. The van der Waals surface area contributed by atoms with Gasteiger partial charge in [-0.25, -0.2) is 9.97 Å². The number of amides is 2. The van der Waals surface area contributed by atoms with Crippen LogP contribution in [0.25, 0.3) is 21.3 Å². The maximum Gasteiger partial charge on any atom is 0.269 e. The molecule has 2 amide bonds. The Bertz CT molecular complexity index is 1210. The van der Waals surface area contributed by atoms with Gasteiger partial charge in [0.25, 0.3) is 5.91 Å². The van der Waals surface area contributed by atoms with Crippen LogP contribution in [-0.2, 0) is 4.79 Å². The molecule has 0 radical (unpaired) electrons. The van der Waals surface area contributed by atoms with Gasteiger partial charge in [0.2, 0.25) is 5.91 Å². The lowest BCUT2D eigenvalue weighted by Gasteiger charge is -2.08. The van der Waals surface area contributed by atoms with Crippen molar-refractivity contribution in [3.05, 3.63) is 71.9 Å². The highest BCUT2D eigenvalue weighted by atomic mass is 32.2. The molecule has 0 aliphatic rings. The number of carbonyl (C=O) groups is 2. The van der Waals surface area contributed by atoms with E-state index >= 15 is 0 Å². The number of aromatic nitrogens is 2. The van der Waals surface area contributed by atoms with Crippen molar-refractivity contribution in [1.29, 1.82) is 0 Å². The normalized spacial score (nSPS) is 10.6. The number of nitrogens with zero attached hydrogens (tertiary/aromatic N) is 2. The van der Waals surface area contributed by atoms with E-state index in [0.717, 1.165) is 26.4 Å². The maximum atomic E-state index is 12.3. The van der Waals surface area contributed by atoms with E-state index in [1.165, 1.54) is 18.1 Å². The molecule has 9 heteroatoms. The number of thioether (sulfide) groups is 1. The topological polar surface area (TPSA) is 93.2 Å². The smallest absolute Gasteiger partial charge is 0.269 e. The molecule has 7 nitrogen and oxygen atoms in total. The van der Waals surface area contributed by atoms with Crippen LogP contribution in [0, 0.1) is 0 Å². The zero-order valence-corrected chi connectivity index (χ0v) is 18.1. The van der Waals surface area contributed by atoms with Crippen LogP contribution in [0.15, 0.2) is 71.3 Å². The van der Waals surface area contributed by atoms with Crippen LogP contribution in [0.1, 0.15) is 10.4 Å². The van der Waals surface area contributed by atoms with Crippen molar-refractivity contribution in [2.45, 2.75) is 5.03 Å². The molecule has 0 atom stereocenters. The molecule has 0 saturated heterocycles. The Labute approximate surface area is 186 Å². The number of hydrogen-bond acceptors (Lipinski definition) is 7. The molecule has 4 rings (SSSR count). The van der Waals surface area contributed by atoms with Gasteiger partial charge in [0.05, 0.1) is 18.2 Å². The molecular formula is C22H18N4O3S2. The SMILES string of the molecule is COc1ccc(C(=O)NNC(=O)CSc2ncnc3scc(-c4ccccc4)c23)cc1. The van der Waals surface area contributed by atoms with Crippen molar-refractivity contribution in [3.63, 3.8) is 0 Å². The van der Waals surface area contributed by atoms with Gasteiger partial charge in [-0.1, -0.05) is 42.1 Å². The molecule has 2 aromatic heterocycles. The van der Waals surface area contributed by atoms with Crippen LogP contribution in [-0.4, -0.2) is 34.6 Å². The van der Waals surface area contributed by atoms with Gasteiger partial charge in [0, 0.05) is 16.5 Å². The monoisotopic (exact) mass is 450 g/mol. The van der Waals surface area contributed by atoms with E-state index in [1.54, 1.807) is 42.7 Å². The summed E-state index contributed by atoms with van der Waals surface area (Å²) in [5.74, 6) is 0.000197. The van der Waals surface area contributed by atoms with Gasteiger partial charge in [-0.2, -0.15) is 0 Å². The van der Waals surface area contributed by atoms with E-state index in [-0.39, 0.29) is 11.7 Å². The summed E-state index contributed by atoms with van der Waals surface area (Å²) < 4.78 is 5.07. The van der Waals surface area contributed by atoms with Crippen molar-refractivity contribution in [2.75, 3.05) is 12.9 Å². The molecule has 2 heterocycles. The lowest BCUT2D eigenvalue weighted by atomic mass is 10.1. The first-order chi connectivity index (χ1) is 15.2. The average Bonchev–Trinajstić information content (AvgIpc) is 3.26. The molecule has 4 aromatic rings. The van der Waals surface area contributed by atoms with Gasteiger partial charge >= 0.3 is 0 Å². The van der Waals surface area contributed by atoms with Crippen LogP contribution < -0.4 is 15.6 Å². The number of carbonyl (C=O) groups excluding carboxylic acids is 2. The van der Waals surface area contributed by atoms with Crippen molar-refractivity contribution < 1.29 is 14.3 Å². The molecule has 0 spiro atoms. The number of nitrogens with one attached hydrogen (secondary N) is 2. The van der Waals surface area contributed by atoms with Gasteiger partial charge in [-0.05, 0) is 29.8 Å². The standard InChI is InChI=1S/C22H18N4O3S2/c1-29-16-9-7-15(8-10-16)20(28)26-25-18(27)12-31-22-19-17(14-5-3-2-4-6-14)11-30-21(19)23-13-24-22/h2-11,13H,12H2,1H3,(H,25,27)(H,26,28). The zero-order chi connectivity index (χ0) is 21.6. The molecule has 0 bridgehead atoms. The van der Waals surface area contributed by atoms with E-state index in [1.807, 2.05) is 35.7 Å². The largest absolute Gasteiger partial charge is 0.497 e. The Morgan fingerprint density at radius 2 is 1.81 bits per heavy atom. The predicted octanol–water partition coefficient (Wildman–Crippen LogP) is 3.92. The Morgan fingerprint density at radius 1 is 1.03 bits per heavy atom. The summed E-state index contributed by atoms with van der Waals surface area (Å²) in [5, 5.41) is 3.70. The second kappa shape index (κ2) is 9.59. The van der Waals surface area contributed by atoms with E-state index in [4.69, 9.17) is 4.74 Å². The van der Waals surface area contributed by atoms with Crippen molar-refractivity contribution in [3.8, 4) is 16.9 Å². The minimum absolute atomic E-state index is 0.0963. The lowest BCUT2D eigenvalue weighted by Crippen LogP contribution is -2.42. The summed E-state index contributed by atoms with van der Waals surface area (Å²) in [7, 11) is 1.55. The highest BCUT2D eigenvalue weighted by Gasteiger charge is 2.15. The van der Waals surface area contributed by atoms with E-state index in [0.29, 0.717) is 11.3 Å². The fourth-order valence-corrected chi connectivity index (χ4v) is 4.69. The molecule has 31 heavy (non-hydrogen) atoms. The zero-order valence-electron chi connectivity index (χ0n) is 16.5. The molecule has 156 valence electrons. The summed E-state index contributed by atoms with van der Waals surface area (Å²) in [6.07, 6.45) is 1.50. The third-order valence-corrected chi connectivity index (χ3v) is 6.30. The Balaban J connectivity index is 1.40. The summed E-state index contributed by atoms with van der Waals surface area (Å²) in [4.78, 5) is 34.0. The lowest BCUT2D eigenvalue weighted by molar-refractivity contribution is -0.119. The number of ether oxygens (including phenoxy) is 1. The van der Waals surface area contributed by atoms with E-state index in [2.05, 4.69) is 20.8 Å². The van der Waals surface area contributed by atoms with Crippen molar-refractivity contribution in [1.82, 2.24) is 20.8 Å². The predicted molar refractivity (Wildman–Crippen MR) is 122 cm³/mol. The summed E-state index contributed by atoms with van der Waals surface area (Å²) >= 11 is 2.84. The Kier molecular flexibility index (Phi) is 6.44. The number of thiophene rings is 1. The van der Waals surface area contributed by atoms with Gasteiger partial charge in [-0.15, -0.1) is 11.3 Å².